The molecule has 0 unspecified atom stereocenters. The average molecular weight is 529 g/mol. The molecule has 2 aromatic carbocycles. The molecule has 3 N–H and O–H groups in total. The van der Waals surface area contributed by atoms with Crippen LogP contribution >= 0.6 is 0 Å². The van der Waals surface area contributed by atoms with Crippen molar-refractivity contribution in [2.45, 2.75) is 58.9 Å². The van der Waals surface area contributed by atoms with Gasteiger partial charge in [0, 0.05) is 0 Å². The predicted octanol–water partition coefficient (Wildman–Crippen LogP) is 4.58. The second kappa shape index (κ2) is 11.1. The number of carbonyl (C=O) groups is 2. The zero-order valence-electron chi connectivity index (χ0n) is 22.8. The van der Waals surface area contributed by atoms with Crippen LogP contribution in [0.2, 0.25) is 6.32 Å². The second-order valence-corrected chi connectivity index (χ2v) is 11.0. The van der Waals surface area contributed by atoms with Crippen molar-refractivity contribution in [3.63, 3.8) is 0 Å². The zero-order chi connectivity index (χ0) is 27.8. The van der Waals surface area contributed by atoms with Crippen molar-refractivity contribution in [3.8, 4) is 5.75 Å². The maximum Gasteiger partial charge on any atom is 0.455 e. The molecule has 0 aromatic heterocycles. The monoisotopic (exact) mass is 529 g/mol. The number of carbonyl (C=O) groups excluding carboxylic acids is 2. The van der Waals surface area contributed by atoms with Gasteiger partial charge in [0.2, 0.25) is 11.8 Å². The van der Waals surface area contributed by atoms with Crippen LogP contribution in [0.25, 0.3) is 6.08 Å². The first-order valence-electron chi connectivity index (χ1n) is 13.8. The van der Waals surface area contributed by atoms with E-state index in [1.165, 1.54) is 10.5 Å². The van der Waals surface area contributed by atoms with Gasteiger partial charge in [-0.15, -0.1) is 0 Å². The highest BCUT2D eigenvalue weighted by Crippen LogP contribution is 2.51. The topological polar surface area (TPSA) is 107 Å². The third kappa shape index (κ3) is 5.09. The Morgan fingerprint density at radius 2 is 1.79 bits per heavy atom. The van der Waals surface area contributed by atoms with E-state index < -0.39 is 25.1 Å². The van der Waals surface area contributed by atoms with Crippen molar-refractivity contribution in [2.75, 3.05) is 11.5 Å². The molecule has 39 heavy (non-hydrogen) atoms. The largest absolute Gasteiger partial charge is 0.507 e. The van der Waals surface area contributed by atoms with E-state index in [4.69, 9.17) is 4.65 Å². The molecule has 5 rings (SSSR count). The number of aryl methyl sites for hydroxylation is 2. The lowest BCUT2D eigenvalue weighted by atomic mass is 9.58. The Labute approximate surface area is 229 Å². The van der Waals surface area contributed by atoms with Crippen LogP contribution < -0.4 is 4.90 Å². The summed E-state index contributed by atoms with van der Waals surface area (Å²) in [6.07, 6.45) is 4.34. The van der Waals surface area contributed by atoms with Crippen molar-refractivity contribution in [1.29, 1.82) is 0 Å². The Morgan fingerprint density at radius 1 is 1.10 bits per heavy atom. The molecule has 2 aromatic rings. The number of allylic oxidation sites excluding steroid dienone is 1. The summed E-state index contributed by atoms with van der Waals surface area (Å²) in [5.74, 6) is -1.66. The van der Waals surface area contributed by atoms with Gasteiger partial charge in [0.15, 0.2) is 0 Å². The summed E-state index contributed by atoms with van der Waals surface area (Å²) in [6.45, 7) is 5.65. The molecule has 0 radical (unpaired) electrons. The maximum absolute atomic E-state index is 13.7. The number of aromatic hydroxyl groups is 1. The van der Waals surface area contributed by atoms with E-state index in [1.54, 1.807) is 24.3 Å². The van der Waals surface area contributed by atoms with E-state index in [1.807, 2.05) is 32.0 Å². The SMILES string of the molecule is CC/C(=C\c1cc(C)c(O)c(C)c1)CC[C@H]1OB(O)C[C@H]2C1=C(CO)C[C@H]1C(=O)N(c3ccccc3)C(=O)[C@H]12. The number of fused-ring (bicyclic) bond motifs is 3. The van der Waals surface area contributed by atoms with E-state index in [2.05, 4.69) is 13.0 Å². The molecule has 2 amide bonds. The van der Waals surface area contributed by atoms with Crippen molar-refractivity contribution in [1.82, 2.24) is 0 Å². The smallest absolute Gasteiger partial charge is 0.455 e. The Kier molecular flexibility index (Phi) is 7.81. The normalized spacial score (nSPS) is 25.3. The Hall–Kier alpha value is -3.20. The number of phenols is 1. The number of hydrogen-bond acceptors (Lipinski definition) is 6. The maximum atomic E-state index is 13.7. The number of rotatable bonds is 7. The van der Waals surface area contributed by atoms with Crippen LogP contribution in [0.15, 0.2) is 59.2 Å². The summed E-state index contributed by atoms with van der Waals surface area (Å²) in [7, 11) is -1.05. The van der Waals surface area contributed by atoms with Crippen LogP contribution in [0, 0.1) is 31.6 Å². The highest BCUT2D eigenvalue weighted by Gasteiger charge is 2.57. The summed E-state index contributed by atoms with van der Waals surface area (Å²) >= 11 is 0. The predicted molar refractivity (Wildman–Crippen MR) is 151 cm³/mol. The summed E-state index contributed by atoms with van der Waals surface area (Å²) in [6, 6.07) is 12.9. The van der Waals surface area contributed by atoms with Gasteiger partial charge in [-0.3, -0.25) is 14.5 Å². The number of amides is 2. The third-order valence-corrected chi connectivity index (χ3v) is 8.58. The van der Waals surface area contributed by atoms with Gasteiger partial charge in [-0.2, -0.15) is 0 Å². The van der Waals surface area contributed by atoms with Gasteiger partial charge < -0.3 is 19.9 Å². The van der Waals surface area contributed by atoms with Crippen molar-refractivity contribution in [2.24, 2.45) is 17.8 Å². The molecular weight excluding hydrogens is 493 g/mol. The summed E-state index contributed by atoms with van der Waals surface area (Å²) in [4.78, 5) is 28.4. The molecule has 2 aliphatic heterocycles. The molecule has 8 heteroatoms. The van der Waals surface area contributed by atoms with Crippen LogP contribution in [0.3, 0.4) is 0 Å². The standard InChI is InChI=1S/C31H36BNO6/c1-4-20(14-21-12-18(2)29(35)19(3)13-21)10-11-26-27-22(17-34)15-24-28(25(27)16-32(38)39-26)31(37)33(30(24)36)23-8-6-5-7-9-23/h5-9,12-14,24-26,28,34-35,38H,4,10-11,15-17H2,1-3H3/b20-14+/t24-,25+,26-,28-/m1/s1. The van der Waals surface area contributed by atoms with Crippen LogP contribution in [0.5, 0.6) is 5.75 Å². The molecule has 0 saturated carbocycles. The fourth-order valence-corrected chi connectivity index (χ4v) is 6.72. The minimum atomic E-state index is -1.05. The van der Waals surface area contributed by atoms with Crippen LogP contribution in [0.1, 0.15) is 49.3 Å². The number of imide groups is 1. The van der Waals surface area contributed by atoms with Gasteiger partial charge in [0.05, 0.1) is 30.2 Å². The molecule has 204 valence electrons. The number of benzene rings is 2. The first-order valence-corrected chi connectivity index (χ1v) is 13.8. The molecule has 2 heterocycles. The molecule has 0 bridgehead atoms. The number of para-hydroxylation sites is 1. The molecule has 2 saturated heterocycles. The first kappa shape index (κ1) is 27.4. The van der Waals surface area contributed by atoms with Crippen molar-refractivity contribution < 1.29 is 29.5 Å². The fourth-order valence-electron chi connectivity index (χ4n) is 6.72. The molecule has 7 nitrogen and oxygen atoms in total. The lowest BCUT2D eigenvalue weighted by molar-refractivity contribution is -0.122. The number of aliphatic hydroxyl groups is 1. The molecule has 1 aliphatic carbocycles. The summed E-state index contributed by atoms with van der Waals surface area (Å²) in [5.41, 5.74) is 6.06. The van der Waals surface area contributed by atoms with Crippen molar-refractivity contribution in [3.05, 3.63) is 75.9 Å². The van der Waals surface area contributed by atoms with Gasteiger partial charge in [-0.1, -0.05) is 36.8 Å². The minimum absolute atomic E-state index is 0.208. The summed E-state index contributed by atoms with van der Waals surface area (Å²) in [5, 5.41) is 31.2. The number of phenolic OH excluding ortho intramolecular Hbond substituents is 1. The number of hydrogen-bond donors (Lipinski definition) is 3. The van der Waals surface area contributed by atoms with Gasteiger partial charge in [-0.05, 0) is 104 Å². The highest BCUT2D eigenvalue weighted by molar-refractivity contribution is 6.43. The van der Waals surface area contributed by atoms with Gasteiger partial charge in [0.25, 0.3) is 0 Å². The van der Waals surface area contributed by atoms with Crippen LogP contribution in [-0.4, -0.2) is 46.9 Å². The van der Waals surface area contributed by atoms with E-state index in [0.29, 0.717) is 30.7 Å². The first-order chi connectivity index (χ1) is 18.7. The van der Waals surface area contributed by atoms with E-state index in [0.717, 1.165) is 34.3 Å². The molecular formula is C31H36BNO6. The molecule has 2 fully saturated rings. The lowest BCUT2D eigenvalue weighted by Crippen LogP contribution is -2.46. The van der Waals surface area contributed by atoms with Gasteiger partial charge >= 0.3 is 7.12 Å². The van der Waals surface area contributed by atoms with Gasteiger partial charge in [-0.25, -0.2) is 0 Å². The minimum Gasteiger partial charge on any atom is -0.507 e. The molecule has 3 aliphatic rings. The number of aliphatic hydroxyl groups excluding tert-OH is 1. The highest BCUT2D eigenvalue weighted by atomic mass is 16.5. The third-order valence-electron chi connectivity index (χ3n) is 8.58. The Morgan fingerprint density at radius 3 is 2.44 bits per heavy atom. The zero-order valence-corrected chi connectivity index (χ0v) is 22.8. The molecule has 0 spiro atoms. The fraction of sp³-hybridized carbons (Fsp3) is 0.419. The molecule has 4 atom stereocenters. The van der Waals surface area contributed by atoms with E-state index in [-0.39, 0.29) is 30.7 Å². The van der Waals surface area contributed by atoms with Crippen molar-refractivity contribution >= 4 is 30.7 Å². The Balaban J connectivity index is 1.42. The number of nitrogens with zero attached hydrogens (tertiary/aromatic N) is 1. The van der Waals surface area contributed by atoms with Crippen LogP contribution in [-0.2, 0) is 14.2 Å². The second-order valence-electron chi connectivity index (χ2n) is 11.0. The Bertz CT molecular complexity index is 1310. The number of anilines is 1. The summed E-state index contributed by atoms with van der Waals surface area (Å²) < 4.78 is 6.03. The lowest BCUT2D eigenvalue weighted by Gasteiger charge is -2.43. The van der Waals surface area contributed by atoms with E-state index in [9.17, 15) is 24.8 Å². The quantitative estimate of drug-likeness (QED) is 0.276. The van der Waals surface area contributed by atoms with E-state index >= 15 is 0 Å². The van der Waals surface area contributed by atoms with Crippen LogP contribution in [0.4, 0.5) is 5.69 Å². The van der Waals surface area contributed by atoms with Gasteiger partial charge in [0.1, 0.15) is 5.75 Å². The average Bonchev–Trinajstić information content (AvgIpc) is 3.18.